The summed E-state index contributed by atoms with van der Waals surface area (Å²) in [7, 11) is 0. The first-order valence-corrected chi connectivity index (χ1v) is 2.51. The molecule has 0 fully saturated rings. The molecule has 0 aromatic rings. The zero-order valence-corrected chi connectivity index (χ0v) is 4.74. The van der Waals surface area contributed by atoms with Crippen molar-refractivity contribution in [2.24, 2.45) is 0 Å². The molecule has 1 aliphatic heterocycles. The third-order valence-corrected chi connectivity index (χ3v) is 0.865. The van der Waals surface area contributed by atoms with Gasteiger partial charge >= 0.3 is 0 Å². The molecule has 1 aliphatic rings. The van der Waals surface area contributed by atoms with Crippen molar-refractivity contribution in [3.63, 3.8) is 0 Å². The van der Waals surface area contributed by atoms with Crippen LogP contribution in [0.4, 0.5) is 0 Å². The summed E-state index contributed by atoms with van der Waals surface area (Å²) in [5, 5.41) is 4.35. The molecule has 4 nitrogen and oxygen atoms in total. The van der Waals surface area contributed by atoms with Crippen molar-refractivity contribution >= 4 is 6.41 Å². The Morgan fingerprint density at radius 3 is 2.67 bits per heavy atom. The molecule has 0 saturated heterocycles. The number of rotatable bonds is 2. The van der Waals surface area contributed by atoms with E-state index in [1.165, 1.54) is 5.01 Å². The second-order valence-electron chi connectivity index (χ2n) is 1.45. The predicted octanol–water partition coefficient (Wildman–Crippen LogP) is -0.505. The normalized spacial score (nSPS) is 14.9. The maximum Gasteiger partial charge on any atom is 0.225 e. The summed E-state index contributed by atoms with van der Waals surface area (Å²) >= 11 is 0. The first-order valence-electron chi connectivity index (χ1n) is 2.51. The molecule has 0 atom stereocenters. The molecule has 1 rings (SSSR count). The lowest BCUT2D eigenvalue weighted by atomic mass is 10.7. The van der Waals surface area contributed by atoms with Crippen molar-refractivity contribution in [3.05, 3.63) is 24.8 Å². The van der Waals surface area contributed by atoms with Crippen molar-refractivity contribution in [1.29, 1.82) is 0 Å². The molecule has 1 heterocycles. The lowest BCUT2D eigenvalue weighted by Crippen LogP contribution is -2.29. The third-order valence-electron chi connectivity index (χ3n) is 0.865. The molecule has 2 N–H and O–H groups in total. The minimum absolute atomic E-state index is 0.611. The van der Waals surface area contributed by atoms with Crippen LogP contribution in [-0.2, 0) is 4.79 Å². The molecule has 0 radical (unpaired) electrons. The lowest BCUT2D eigenvalue weighted by molar-refractivity contribution is -0.112. The second kappa shape index (κ2) is 2.76. The van der Waals surface area contributed by atoms with Gasteiger partial charge in [-0.05, 0) is 0 Å². The Morgan fingerprint density at radius 2 is 2.11 bits per heavy atom. The van der Waals surface area contributed by atoms with E-state index >= 15 is 0 Å². The molecule has 0 saturated carbocycles. The molecule has 0 unspecified atom stereocenters. The zero-order valence-electron chi connectivity index (χ0n) is 4.74. The summed E-state index contributed by atoms with van der Waals surface area (Å²) in [5.74, 6) is 0. The molecule has 1 amide bonds. The van der Waals surface area contributed by atoms with Crippen LogP contribution < -0.4 is 10.7 Å². The zero-order chi connectivity index (χ0) is 6.53. The largest absolute Gasteiger partial charge is 0.365 e. The number of hydrogen-bond donors (Lipinski definition) is 2. The van der Waals surface area contributed by atoms with E-state index in [1.807, 2.05) is 0 Å². The van der Waals surface area contributed by atoms with E-state index in [4.69, 9.17) is 0 Å². The Balaban J connectivity index is 2.39. The van der Waals surface area contributed by atoms with E-state index in [-0.39, 0.29) is 0 Å². The van der Waals surface area contributed by atoms with Crippen LogP contribution in [0.1, 0.15) is 0 Å². The van der Waals surface area contributed by atoms with E-state index in [1.54, 1.807) is 24.8 Å². The fraction of sp³-hybridized carbons (Fsp3) is 0. The van der Waals surface area contributed by atoms with Gasteiger partial charge in [-0.3, -0.25) is 15.2 Å². The monoisotopic (exact) mass is 125 g/mol. The quantitative estimate of drug-likeness (QED) is 0.489. The van der Waals surface area contributed by atoms with Crippen molar-refractivity contribution in [1.82, 2.24) is 15.8 Å². The van der Waals surface area contributed by atoms with Crippen molar-refractivity contribution in [2.45, 2.75) is 0 Å². The maximum absolute atomic E-state index is 9.83. The molecule has 0 aromatic heterocycles. The maximum atomic E-state index is 9.83. The second-order valence-corrected chi connectivity index (χ2v) is 1.45. The summed E-state index contributed by atoms with van der Waals surface area (Å²) in [6, 6.07) is 0. The van der Waals surface area contributed by atoms with Gasteiger partial charge in [0.25, 0.3) is 0 Å². The van der Waals surface area contributed by atoms with Crippen LogP contribution in [0.15, 0.2) is 24.8 Å². The van der Waals surface area contributed by atoms with Crippen LogP contribution in [0.3, 0.4) is 0 Å². The molecular weight excluding hydrogens is 118 g/mol. The Morgan fingerprint density at radius 1 is 1.44 bits per heavy atom. The van der Waals surface area contributed by atoms with Crippen LogP contribution >= 0.6 is 0 Å². The van der Waals surface area contributed by atoms with Crippen LogP contribution in [-0.4, -0.2) is 11.4 Å². The fourth-order valence-corrected chi connectivity index (χ4v) is 0.499. The third kappa shape index (κ3) is 1.49. The fourth-order valence-electron chi connectivity index (χ4n) is 0.499. The number of nitrogens with zero attached hydrogens (tertiary/aromatic N) is 1. The van der Waals surface area contributed by atoms with Gasteiger partial charge < -0.3 is 5.32 Å². The smallest absolute Gasteiger partial charge is 0.225 e. The summed E-state index contributed by atoms with van der Waals surface area (Å²) in [6.07, 6.45) is 7.40. The number of nitrogens with one attached hydrogen (secondary N) is 2. The highest BCUT2D eigenvalue weighted by Gasteiger charge is 1.90. The highest BCUT2D eigenvalue weighted by atomic mass is 16.1. The molecular formula is C5H7N3O. The van der Waals surface area contributed by atoms with Crippen molar-refractivity contribution in [2.75, 3.05) is 0 Å². The van der Waals surface area contributed by atoms with Crippen LogP contribution in [0.5, 0.6) is 0 Å². The molecule has 0 spiro atoms. The van der Waals surface area contributed by atoms with Crippen LogP contribution in [0.2, 0.25) is 0 Å². The van der Waals surface area contributed by atoms with Gasteiger partial charge in [-0.25, -0.2) is 0 Å². The van der Waals surface area contributed by atoms with Gasteiger partial charge in [0, 0.05) is 24.8 Å². The number of amides is 1. The van der Waals surface area contributed by atoms with E-state index in [2.05, 4.69) is 10.7 Å². The highest BCUT2D eigenvalue weighted by molar-refractivity contribution is 5.45. The van der Waals surface area contributed by atoms with Gasteiger partial charge in [0.05, 0.1) is 0 Å². The van der Waals surface area contributed by atoms with Gasteiger partial charge in [0.1, 0.15) is 0 Å². The average Bonchev–Trinajstić information content (AvgIpc) is 1.91. The minimum Gasteiger partial charge on any atom is -0.365 e. The van der Waals surface area contributed by atoms with E-state index in [0.29, 0.717) is 6.41 Å². The molecule has 0 aliphatic carbocycles. The van der Waals surface area contributed by atoms with Gasteiger partial charge in [-0.1, -0.05) is 0 Å². The summed E-state index contributed by atoms with van der Waals surface area (Å²) in [4.78, 5) is 9.83. The number of carbonyl (C=O) groups excluding carboxylic acids is 1. The molecule has 4 heteroatoms. The summed E-state index contributed by atoms with van der Waals surface area (Å²) in [5.41, 5.74) is 2.42. The first kappa shape index (κ1) is 5.68. The SMILES string of the molecule is O=CNN1C=CNC=C1. The molecule has 0 bridgehead atoms. The Bertz CT molecular complexity index is 140. The Hall–Kier alpha value is -1.45. The lowest BCUT2D eigenvalue weighted by Gasteiger charge is -2.15. The Kier molecular flexibility index (Phi) is 1.74. The average molecular weight is 125 g/mol. The van der Waals surface area contributed by atoms with Crippen LogP contribution in [0.25, 0.3) is 0 Å². The number of hydrazine groups is 1. The molecule has 0 aromatic carbocycles. The van der Waals surface area contributed by atoms with Crippen molar-refractivity contribution in [3.8, 4) is 0 Å². The van der Waals surface area contributed by atoms with E-state index in [0.717, 1.165) is 0 Å². The summed E-state index contributed by atoms with van der Waals surface area (Å²) < 4.78 is 0. The number of hydrogen-bond acceptors (Lipinski definition) is 3. The standard InChI is InChI=1S/C5H7N3O/c9-5-7-8-3-1-6-2-4-8/h1-6H,(H,7,9). The Labute approximate surface area is 52.8 Å². The first-order chi connectivity index (χ1) is 4.43. The van der Waals surface area contributed by atoms with Gasteiger partial charge in [0.2, 0.25) is 6.41 Å². The minimum atomic E-state index is 0.611. The van der Waals surface area contributed by atoms with Crippen LogP contribution in [0, 0.1) is 0 Å². The topological polar surface area (TPSA) is 44.4 Å². The van der Waals surface area contributed by atoms with Gasteiger partial charge in [0.15, 0.2) is 0 Å². The molecule has 9 heavy (non-hydrogen) atoms. The van der Waals surface area contributed by atoms with Gasteiger partial charge in [-0.2, -0.15) is 0 Å². The number of carbonyl (C=O) groups is 1. The van der Waals surface area contributed by atoms with E-state index < -0.39 is 0 Å². The van der Waals surface area contributed by atoms with Gasteiger partial charge in [-0.15, -0.1) is 0 Å². The predicted molar refractivity (Wildman–Crippen MR) is 32.5 cm³/mol. The van der Waals surface area contributed by atoms with Crippen molar-refractivity contribution < 1.29 is 4.79 Å². The highest BCUT2D eigenvalue weighted by Crippen LogP contribution is 1.87. The summed E-state index contributed by atoms with van der Waals surface area (Å²) in [6.45, 7) is 0. The molecule has 48 valence electrons. The van der Waals surface area contributed by atoms with E-state index in [9.17, 15) is 4.79 Å².